The molecule has 4 aromatic carbocycles. The second-order valence-corrected chi connectivity index (χ2v) is 13.9. The molecule has 4 aromatic rings. The summed E-state index contributed by atoms with van der Waals surface area (Å²) in [5.41, 5.74) is 0.737. The number of fused-ring (bicyclic) bond motifs is 1. The zero-order valence-corrected chi connectivity index (χ0v) is 30.5. The van der Waals surface area contributed by atoms with E-state index in [4.69, 9.17) is 33.2 Å². The fourth-order valence-electron chi connectivity index (χ4n) is 7.47. The SMILES string of the molecule is COc1cc(C2=C(OC3OC(CO)C(O)C(O)C3O)C3=CC(c4c(O)cc(O)c5c4OC(c4ccc(O)c(O)c4)C(O)C5)Oc4cc(O)cc(c43)O2)cc(OC)c1O. The molecular weight excluding hydrogens is 768 g/mol. The van der Waals surface area contributed by atoms with Gasteiger partial charge in [-0.05, 0) is 35.9 Å². The van der Waals surface area contributed by atoms with Gasteiger partial charge in [0.2, 0.25) is 12.0 Å². The second kappa shape index (κ2) is 14.6. The van der Waals surface area contributed by atoms with Crippen LogP contribution in [-0.4, -0.2) is 114 Å². The van der Waals surface area contributed by atoms with E-state index in [2.05, 4.69) is 0 Å². The van der Waals surface area contributed by atoms with E-state index >= 15 is 0 Å². The first kappa shape index (κ1) is 38.6. The highest BCUT2D eigenvalue weighted by Crippen LogP contribution is 2.56. The van der Waals surface area contributed by atoms with Crippen molar-refractivity contribution in [2.24, 2.45) is 0 Å². The van der Waals surface area contributed by atoms with Crippen LogP contribution in [-0.2, 0) is 15.9 Å². The summed E-state index contributed by atoms with van der Waals surface area (Å²) in [5.74, 6) is -3.10. The molecule has 8 rings (SSSR count). The third-order valence-electron chi connectivity index (χ3n) is 10.4. The van der Waals surface area contributed by atoms with Gasteiger partial charge in [0.05, 0.1) is 38.1 Å². The molecule has 11 N–H and O–H groups in total. The van der Waals surface area contributed by atoms with Crippen LogP contribution in [0, 0.1) is 0 Å². The normalized spacial score (nSPS) is 25.9. The third-order valence-corrected chi connectivity index (χ3v) is 10.4. The first-order valence-corrected chi connectivity index (χ1v) is 17.8. The first-order chi connectivity index (χ1) is 27.7. The minimum Gasteiger partial charge on any atom is -0.508 e. The highest BCUT2D eigenvalue weighted by molar-refractivity contribution is 5.95. The Hall–Kier alpha value is -6.28. The van der Waals surface area contributed by atoms with Crippen LogP contribution in [0.15, 0.2) is 60.4 Å². The van der Waals surface area contributed by atoms with Gasteiger partial charge in [-0.2, -0.15) is 0 Å². The molecule has 0 bridgehead atoms. The van der Waals surface area contributed by atoms with Crippen LogP contribution in [0.25, 0.3) is 11.3 Å². The lowest BCUT2D eigenvalue weighted by molar-refractivity contribution is -0.290. The van der Waals surface area contributed by atoms with Gasteiger partial charge in [-0.1, -0.05) is 6.07 Å². The Morgan fingerprint density at radius 2 is 1.45 bits per heavy atom. The Labute approximate surface area is 328 Å². The van der Waals surface area contributed by atoms with Crippen LogP contribution in [0.1, 0.15) is 40.0 Å². The van der Waals surface area contributed by atoms with Crippen LogP contribution in [0.5, 0.6) is 63.2 Å². The molecule has 0 aliphatic carbocycles. The third kappa shape index (κ3) is 6.31. The van der Waals surface area contributed by atoms with E-state index in [1.807, 2.05) is 0 Å². The highest BCUT2D eigenvalue weighted by Gasteiger charge is 2.47. The van der Waals surface area contributed by atoms with Crippen molar-refractivity contribution in [3.8, 4) is 63.2 Å². The van der Waals surface area contributed by atoms with Gasteiger partial charge in [0.15, 0.2) is 40.6 Å². The summed E-state index contributed by atoms with van der Waals surface area (Å²) in [7, 11) is 2.59. The molecule has 1 fully saturated rings. The van der Waals surface area contributed by atoms with Gasteiger partial charge in [-0.25, -0.2) is 0 Å². The van der Waals surface area contributed by atoms with E-state index < -0.39 is 78.6 Å². The Balaban J connectivity index is 1.34. The van der Waals surface area contributed by atoms with E-state index in [9.17, 15) is 56.2 Å². The molecule has 0 saturated carbocycles. The van der Waals surface area contributed by atoms with Crippen molar-refractivity contribution in [1.29, 1.82) is 0 Å². The quantitative estimate of drug-likeness (QED) is 0.114. The monoisotopic (exact) mass is 806 g/mol. The van der Waals surface area contributed by atoms with E-state index in [0.717, 1.165) is 6.07 Å². The Morgan fingerprint density at radius 1 is 0.741 bits per heavy atom. The predicted octanol–water partition coefficient (Wildman–Crippen LogP) is 2.07. The van der Waals surface area contributed by atoms with E-state index in [1.165, 1.54) is 62.8 Å². The van der Waals surface area contributed by atoms with Crippen molar-refractivity contribution in [3.63, 3.8) is 0 Å². The van der Waals surface area contributed by atoms with Crippen LogP contribution < -0.4 is 23.7 Å². The number of phenolic OH excluding ortho intramolecular Hbond substituents is 6. The summed E-state index contributed by atoms with van der Waals surface area (Å²) in [6.07, 6.45) is -11.1. The van der Waals surface area contributed by atoms with Crippen LogP contribution in [0.4, 0.5) is 0 Å². The van der Waals surface area contributed by atoms with Crippen LogP contribution in [0.3, 0.4) is 0 Å². The summed E-state index contributed by atoms with van der Waals surface area (Å²) in [5, 5.41) is 118. The molecule has 18 heteroatoms. The smallest absolute Gasteiger partial charge is 0.229 e. The fourth-order valence-corrected chi connectivity index (χ4v) is 7.47. The lowest BCUT2D eigenvalue weighted by atomic mass is 9.88. The fraction of sp³-hybridized carbons (Fsp3) is 0.300. The highest BCUT2D eigenvalue weighted by atomic mass is 16.7. The molecule has 0 aromatic heterocycles. The average Bonchev–Trinajstić information content (AvgIpc) is 3.19. The molecule has 18 nitrogen and oxygen atoms in total. The number of benzene rings is 4. The summed E-state index contributed by atoms with van der Waals surface area (Å²) in [6, 6.07) is 10.1. The Bertz CT molecular complexity index is 2330. The van der Waals surface area contributed by atoms with Crippen molar-refractivity contribution in [3.05, 3.63) is 88.2 Å². The van der Waals surface area contributed by atoms with E-state index in [1.54, 1.807) is 0 Å². The maximum Gasteiger partial charge on any atom is 0.229 e. The van der Waals surface area contributed by atoms with E-state index in [-0.39, 0.29) is 91.6 Å². The zero-order valence-electron chi connectivity index (χ0n) is 30.5. The number of hydrogen-bond acceptors (Lipinski definition) is 18. The lowest BCUT2D eigenvalue weighted by Crippen LogP contribution is -2.59. The van der Waals surface area contributed by atoms with Crippen molar-refractivity contribution in [2.75, 3.05) is 20.8 Å². The molecule has 0 radical (unpaired) electrons. The Kier molecular flexibility index (Phi) is 9.70. The number of rotatable bonds is 8. The van der Waals surface area contributed by atoms with Crippen LogP contribution in [0.2, 0.25) is 0 Å². The van der Waals surface area contributed by atoms with Gasteiger partial charge in [0, 0.05) is 41.3 Å². The van der Waals surface area contributed by atoms with Gasteiger partial charge in [0.1, 0.15) is 65.0 Å². The molecule has 0 spiro atoms. The lowest BCUT2D eigenvalue weighted by Gasteiger charge is -2.41. The summed E-state index contributed by atoms with van der Waals surface area (Å²) >= 11 is 0. The van der Waals surface area contributed by atoms with Crippen molar-refractivity contribution < 1.29 is 89.3 Å². The summed E-state index contributed by atoms with van der Waals surface area (Å²) in [4.78, 5) is 0. The van der Waals surface area contributed by atoms with Gasteiger partial charge < -0.3 is 89.3 Å². The second-order valence-electron chi connectivity index (χ2n) is 13.9. The largest absolute Gasteiger partial charge is 0.508 e. The minimum atomic E-state index is -1.89. The summed E-state index contributed by atoms with van der Waals surface area (Å²) in [6.45, 7) is -0.769. The molecule has 4 aliphatic rings. The number of aliphatic hydroxyl groups is 5. The maximum absolute atomic E-state index is 11.5. The molecule has 58 heavy (non-hydrogen) atoms. The molecule has 8 atom stereocenters. The Morgan fingerprint density at radius 3 is 2.12 bits per heavy atom. The maximum atomic E-state index is 11.5. The number of aliphatic hydroxyl groups excluding tert-OH is 5. The molecule has 4 aliphatic heterocycles. The average molecular weight is 807 g/mol. The molecule has 306 valence electrons. The van der Waals surface area contributed by atoms with E-state index in [0.29, 0.717) is 0 Å². The molecular formula is C40H38O18. The molecule has 1 saturated heterocycles. The number of hydrogen-bond donors (Lipinski definition) is 11. The molecule has 8 unspecified atom stereocenters. The predicted molar refractivity (Wildman–Crippen MR) is 196 cm³/mol. The van der Waals surface area contributed by atoms with Gasteiger partial charge >= 0.3 is 0 Å². The van der Waals surface area contributed by atoms with Crippen molar-refractivity contribution in [2.45, 2.75) is 55.4 Å². The molecule has 0 amide bonds. The number of ether oxygens (including phenoxy) is 7. The number of aromatic hydroxyl groups is 6. The van der Waals surface area contributed by atoms with Crippen molar-refractivity contribution >= 4 is 11.3 Å². The first-order valence-electron chi connectivity index (χ1n) is 17.8. The van der Waals surface area contributed by atoms with Crippen LogP contribution >= 0.6 is 0 Å². The number of methoxy groups -OCH3 is 2. The number of phenols is 6. The van der Waals surface area contributed by atoms with Gasteiger partial charge in [-0.3, -0.25) is 0 Å². The molecule has 4 heterocycles. The van der Waals surface area contributed by atoms with Gasteiger partial charge in [-0.15, -0.1) is 0 Å². The summed E-state index contributed by atoms with van der Waals surface area (Å²) < 4.78 is 41.8. The minimum absolute atomic E-state index is 0.0189. The zero-order chi connectivity index (χ0) is 41.3. The van der Waals surface area contributed by atoms with Crippen molar-refractivity contribution in [1.82, 2.24) is 0 Å². The van der Waals surface area contributed by atoms with Gasteiger partial charge in [0.25, 0.3) is 0 Å². The standard InChI is InChI=1S/C40H38O18/c1-52-27-6-15(7-28(53-2)32(27)48)37-39(58-40-35(51)34(50)33(49)29(13-41)56-40)18-11-26(54-24-8-16(42)9-25(55-37)30(18)24)31-22(46)12-20(44)17-10-23(47)36(57-38(17)31)14-3-4-19(43)21(45)5-14/h3-9,11-12,23,26,29,33-36,40-51H,10,13H2,1-2H3. The number of allylic oxidation sites excluding steroid dienone is 1. The topological polar surface area (TPSA) is 287 Å².